The molecule has 2 aromatic heterocycles. The fourth-order valence-corrected chi connectivity index (χ4v) is 2.62. The van der Waals surface area contributed by atoms with Gasteiger partial charge in [0.25, 0.3) is 0 Å². The van der Waals surface area contributed by atoms with Gasteiger partial charge in [0, 0.05) is 12.3 Å². The first-order chi connectivity index (χ1) is 8.20. The van der Waals surface area contributed by atoms with Crippen molar-refractivity contribution in [3.8, 4) is 0 Å². The third kappa shape index (κ3) is 1.42. The maximum atomic E-state index is 5.94. The fraction of sp³-hybridized carbons (Fsp3) is 0.500. The molecule has 0 saturated carbocycles. The first kappa shape index (κ1) is 10.5. The highest BCUT2D eigenvalue weighted by Gasteiger charge is 2.24. The number of rotatable bonds is 1. The summed E-state index contributed by atoms with van der Waals surface area (Å²) < 4.78 is 7.71. The van der Waals surface area contributed by atoms with Gasteiger partial charge in [-0.2, -0.15) is 0 Å². The summed E-state index contributed by atoms with van der Waals surface area (Å²) in [4.78, 5) is 8.46. The van der Waals surface area contributed by atoms with Crippen LogP contribution in [0.1, 0.15) is 23.7 Å². The van der Waals surface area contributed by atoms with Crippen LogP contribution in [0, 0.1) is 13.8 Å². The van der Waals surface area contributed by atoms with Gasteiger partial charge in [-0.15, -0.1) is 0 Å². The lowest BCUT2D eigenvalue weighted by molar-refractivity contribution is 0.187. The van der Waals surface area contributed by atoms with E-state index in [0.29, 0.717) is 11.9 Å². The van der Waals surface area contributed by atoms with E-state index in [9.17, 15) is 0 Å². The van der Waals surface area contributed by atoms with Gasteiger partial charge in [0.05, 0.1) is 18.0 Å². The van der Waals surface area contributed by atoms with Crippen LogP contribution in [0.4, 0.5) is 5.82 Å². The van der Waals surface area contributed by atoms with Crippen molar-refractivity contribution in [2.24, 2.45) is 0 Å². The second-order valence-electron chi connectivity index (χ2n) is 4.56. The molecule has 1 unspecified atom stereocenters. The molecule has 0 aliphatic carbocycles. The Kier molecular flexibility index (Phi) is 2.29. The smallest absolute Gasteiger partial charge is 0.146 e. The maximum absolute atomic E-state index is 5.94. The van der Waals surface area contributed by atoms with E-state index in [1.807, 2.05) is 0 Å². The number of ether oxygens (including phenoxy) is 1. The van der Waals surface area contributed by atoms with Crippen molar-refractivity contribution in [1.82, 2.24) is 14.5 Å². The van der Waals surface area contributed by atoms with Crippen LogP contribution in [0.25, 0.3) is 11.0 Å². The van der Waals surface area contributed by atoms with Crippen LogP contribution in [0.5, 0.6) is 0 Å². The number of hydrogen-bond acceptors (Lipinski definition) is 4. The van der Waals surface area contributed by atoms with E-state index in [1.165, 1.54) is 17.6 Å². The molecular weight excluding hydrogens is 216 g/mol. The van der Waals surface area contributed by atoms with Crippen molar-refractivity contribution < 1.29 is 4.74 Å². The molecule has 1 aliphatic heterocycles. The molecular formula is C12H16N4O. The summed E-state index contributed by atoms with van der Waals surface area (Å²) in [5.41, 5.74) is 9.26. The number of nitrogen functional groups attached to an aromatic ring is 1. The quantitative estimate of drug-likeness (QED) is 0.810. The van der Waals surface area contributed by atoms with E-state index in [1.54, 1.807) is 0 Å². The zero-order valence-corrected chi connectivity index (χ0v) is 10.1. The van der Waals surface area contributed by atoms with Gasteiger partial charge in [0.1, 0.15) is 17.8 Å². The zero-order chi connectivity index (χ0) is 12.0. The normalized spacial score (nSPS) is 20.2. The van der Waals surface area contributed by atoms with Gasteiger partial charge in [0.15, 0.2) is 0 Å². The Morgan fingerprint density at radius 1 is 1.41 bits per heavy atom. The summed E-state index contributed by atoms with van der Waals surface area (Å²) in [5, 5.41) is 0.983. The number of anilines is 1. The van der Waals surface area contributed by atoms with Gasteiger partial charge in [-0.1, -0.05) is 0 Å². The minimum atomic E-state index is 0.375. The van der Waals surface area contributed by atoms with Gasteiger partial charge in [-0.3, -0.25) is 0 Å². The van der Waals surface area contributed by atoms with Crippen molar-refractivity contribution in [2.45, 2.75) is 26.3 Å². The van der Waals surface area contributed by atoms with E-state index in [4.69, 9.17) is 10.5 Å². The monoisotopic (exact) mass is 232 g/mol. The zero-order valence-electron chi connectivity index (χ0n) is 10.1. The van der Waals surface area contributed by atoms with Crippen LogP contribution in [0.2, 0.25) is 0 Å². The molecule has 1 saturated heterocycles. The molecule has 3 heterocycles. The van der Waals surface area contributed by atoms with Crippen molar-refractivity contribution >= 4 is 16.9 Å². The Labute approximate surface area is 99.6 Å². The van der Waals surface area contributed by atoms with E-state index < -0.39 is 0 Å². The molecule has 0 bridgehead atoms. The molecule has 1 atom stereocenters. The van der Waals surface area contributed by atoms with Crippen LogP contribution in [-0.4, -0.2) is 27.7 Å². The maximum Gasteiger partial charge on any atom is 0.146 e. The van der Waals surface area contributed by atoms with Crippen LogP contribution in [0.15, 0.2) is 6.33 Å². The van der Waals surface area contributed by atoms with Crippen LogP contribution in [-0.2, 0) is 4.74 Å². The highest BCUT2D eigenvalue weighted by atomic mass is 16.5. The van der Waals surface area contributed by atoms with Gasteiger partial charge >= 0.3 is 0 Å². The average Bonchev–Trinajstić information content (AvgIpc) is 2.89. The lowest BCUT2D eigenvalue weighted by Crippen LogP contribution is -2.11. The molecule has 2 N–H and O–H groups in total. The lowest BCUT2D eigenvalue weighted by Gasteiger charge is -2.13. The number of hydrogen-bond donors (Lipinski definition) is 1. The molecule has 2 aromatic rings. The fourth-order valence-electron chi connectivity index (χ4n) is 2.62. The molecule has 5 nitrogen and oxygen atoms in total. The van der Waals surface area contributed by atoms with Gasteiger partial charge in [0.2, 0.25) is 0 Å². The molecule has 90 valence electrons. The molecule has 3 rings (SSSR count). The predicted molar refractivity (Wildman–Crippen MR) is 65.9 cm³/mol. The summed E-state index contributed by atoms with van der Waals surface area (Å²) in [6.45, 7) is 5.76. The van der Waals surface area contributed by atoms with Crippen molar-refractivity contribution in [3.05, 3.63) is 17.6 Å². The van der Waals surface area contributed by atoms with Gasteiger partial charge < -0.3 is 15.0 Å². The SMILES string of the molecule is Cc1c(C)n(C2CCOC2)c2ncnc(N)c12. The molecule has 0 spiro atoms. The molecule has 1 aliphatic rings. The van der Waals surface area contributed by atoms with E-state index >= 15 is 0 Å². The molecule has 5 heteroatoms. The topological polar surface area (TPSA) is 66.0 Å². The summed E-state index contributed by atoms with van der Waals surface area (Å²) in [6.07, 6.45) is 2.57. The number of nitrogens with zero attached hydrogens (tertiary/aromatic N) is 3. The second kappa shape index (κ2) is 3.70. The first-order valence-corrected chi connectivity index (χ1v) is 5.85. The van der Waals surface area contributed by atoms with Crippen LogP contribution < -0.4 is 5.73 Å². The number of nitrogens with two attached hydrogens (primary N) is 1. The lowest BCUT2D eigenvalue weighted by atomic mass is 10.2. The van der Waals surface area contributed by atoms with Crippen molar-refractivity contribution in [1.29, 1.82) is 0 Å². The molecule has 0 amide bonds. The van der Waals surface area contributed by atoms with E-state index in [-0.39, 0.29) is 0 Å². The predicted octanol–water partition coefficient (Wildman–Crippen LogP) is 1.59. The Morgan fingerprint density at radius 2 is 2.24 bits per heavy atom. The van der Waals surface area contributed by atoms with Crippen molar-refractivity contribution in [2.75, 3.05) is 18.9 Å². The summed E-state index contributed by atoms with van der Waals surface area (Å²) in [5.74, 6) is 0.563. The third-order valence-corrected chi connectivity index (χ3v) is 3.63. The Hall–Kier alpha value is -1.62. The summed E-state index contributed by atoms with van der Waals surface area (Å²) >= 11 is 0. The Bertz CT molecular complexity index is 569. The minimum Gasteiger partial charge on any atom is -0.383 e. The number of aryl methyl sites for hydroxylation is 1. The third-order valence-electron chi connectivity index (χ3n) is 3.63. The Morgan fingerprint density at radius 3 is 2.94 bits per heavy atom. The summed E-state index contributed by atoms with van der Waals surface area (Å²) in [6, 6.07) is 0.375. The minimum absolute atomic E-state index is 0.375. The first-order valence-electron chi connectivity index (χ1n) is 5.85. The van der Waals surface area contributed by atoms with Crippen LogP contribution in [0.3, 0.4) is 0 Å². The standard InChI is InChI=1S/C12H16N4O/c1-7-8(2)16(9-3-4-17-5-9)12-10(7)11(13)14-6-15-12/h6,9H,3-5H2,1-2H3,(H2,13,14,15). The highest BCUT2D eigenvalue weighted by Crippen LogP contribution is 2.32. The molecule has 0 radical (unpaired) electrons. The highest BCUT2D eigenvalue weighted by molar-refractivity contribution is 5.90. The molecule has 1 fully saturated rings. The van der Waals surface area contributed by atoms with Gasteiger partial charge in [-0.25, -0.2) is 9.97 Å². The number of fused-ring (bicyclic) bond motifs is 1. The van der Waals surface area contributed by atoms with E-state index in [0.717, 1.165) is 30.7 Å². The van der Waals surface area contributed by atoms with Crippen molar-refractivity contribution in [3.63, 3.8) is 0 Å². The Balaban J connectivity index is 2.30. The number of aromatic nitrogens is 3. The largest absolute Gasteiger partial charge is 0.383 e. The van der Waals surface area contributed by atoms with E-state index in [2.05, 4.69) is 28.4 Å². The molecule has 0 aromatic carbocycles. The molecule has 17 heavy (non-hydrogen) atoms. The second-order valence-corrected chi connectivity index (χ2v) is 4.56. The average molecular weight is 232 g/mol. The van der Waals surface area contributed by atoms with Gasteiger partial charge in [-0.05, 0) is 25.8 Å². The van der Waals surface area contributed by atoms with Crippen LogP contribution >= 0.6 is 0 Å². The summed E-state index contributed by atoms with van der Waals surface area (Å²) in [7, 11) is 0.